The zero-order valence-electron chi connectivity index (χ0n) is 19.0. The van der Waals surface area contributed by atoms with Gasteiger partial charge in [0.2, 0.25) is 17.7 Å². The predicted molar refractivity (Wildman–Crippen MR) is 124 cm³/mol. The Kier molecular flexibility index (Phi) is 12.1. The van der Waals surface area contributed by atoms with Crippen molar-refractivity contribution in [3.8, 4) is 0 Å². The summed E-state index contributed by atoms with van der Waals surface area (Å²) in [7, 11) is 0. The number of hydrogen-bond donors (Lipinski definition) is 8. The van der Waals surface area contributed by atoms with Gasteiger partial charge in [0.15, 0.2) is 0 Å². The molecular formula is C20H32N6O7S. The standard InChI is InChI=1S/C20H32N6O7S/c1-3-10(2)16(26-17(29)12(21)4-5-15(27)28)19(31)24-13(6-11-7-22-9-23-11)18(30)25-14(8-34)20(32)33/h7,9-10,12-14,16,34H,3-6,8,21H2,1-2H3,(H,22,23)(H,24,31)(H,25,30)(H,26,29)(H,27,28)(H,32,33). The van der Waals surface area contributed by atoms with Gasteiger partial charge in [-0.25, -0.2) is 9.78 Å². The van der Waals surface area contributed by atoms with Crippen LogP contribution < -0.4 is 21.7 Å². The maximum atomic E-state index is 13.1. The van der Waals surface area contributed by atoms with Crippen LogP contribution in [-0.2, 0) is 30.4 Å². The summed E-state index contributed by atoms with van der Waals surface area (Å²) in [6, 6.07) is -4.65. The summed E-state index contributed by atoms with van der Waals surface area (Å²) >= 11 is 3.92. The highest BCUT2D eigenvalue weighted by atomic mass is 32.1. The highest BCUT2D eigenvalue weighted by Gasteiger charge is 2.32. The first-order valence-electron chi connectivity index (χ1n) is 10.7. The molecule has 0 aliphatic heterocycles. The Balaban J connectivity index is 3.02. The monoisotopic (exact) mass is 500 g/mol. The molecule has 1 rings (SSSR count). The van der Waals surface area contributed by atoms with Gasteiger partial charge in [-0.3, -0.25) is 19.2 Å². The minimum absolute atomic E-state index is 0.0181. The average molecular weight is 501 g/mol. The number of aliphatic carboxylic acids is 2. The first-order chi connectivity index (χ1) is 16.0. The lowest BCUT2D eigenvalue weighted by molar-refractivity contribution is -0.141. The van der Waals surface area contributed by atoms with Gasteiger partial charge >= 0.3 is 11.9 Å². The smallest absolute Gasteiger partial charge is 0.327 e. The third-order valence-corrected chi connectivity index (χ3v) is 5.57. The van der Waals surface area contributed by atoms with Crippen molar-refractivity contribution in [3.05, 3.63) is 18.2 Å². The van der Waals surface area contributed by atoms with E-state index in [-0.39, 0.29) is 30.9 Å². The number of hydrogen-bond acceptors (Lipinski definition) is 8. The maximum Gasteiger partial charge on any atom is 0.327 e. The summed E-state index contributed by atoms with van der Waals surface area (Å²) < 4.78 is 0. The molecule has 14 heteroatoms. The summed E-state index contributed by atoms with van der Waals surface area (Å²) in [5, 5.41) is 25.4. The molecule has 0 bridgehead atoms. The second kappa shape index (κ2) is 14.2. The molecule has 0 fully saturated rings. The normalized spacial score (nSPS) is 15.3. The minimum Gasteiger partial charge on any atom is -0.481 e. The molecule has 8 N–H and O–H groups in total. The van der Waals surface area contributed by atoms with Gasteiger partial charge in [0.05, 0.1) is 12.4 Å². The van der Waals surface area contributed by atoms with E-state index in [2.05, 4.69) is 38.5 Å². The number of carboxylic acid groups (broad SMARTS) is 2. The first-order valence-corrected chi connectivity index (χ1v) is 11.3. The molecule has 0 aliphatic rings. The SMILES string of the molecule is CCC(C)C(NC(=O)C(N)CCC(=O)O)C(=O)NC(Cc1cnc[nH]1)C(=O)NC(CS)C(=O)O. The summed E-state index contributed by atoms with van der Waals surface area (Å²) in [6.45, 7) is 3.53. The van der Waals surface area contributed by atoms with Gasteiger partial charge in [0.1, 0.15) is 18.1 Å². The fourth-order valence-electron chi connectivity index (χ4n) is 2.92. The first kappa shape index (κ1) is 28.9. The van der Waals surface area contributed by atoms with Gasteiger partial charge in [0.25, 0.3) is 0 Å². The molecule has 3 amide bonds. The number of aromatic amines is 1. The number of thiol groups is 1. The molecule has 0 spiro atoms. The lowest BCUT2D eigenvalue weighted by Crippen LogP contribution is -2.59. The zero-order chi connectivity index (χ0) is 25.8. The molecule has 0 aliphatic carbocycles. The van der Waals surface area contributed by atoms with Crippen LogP contribution in [0.15, 0.2) is 12.5 Å². The Morgan fingerprint density at radius 3 is 2.24 bits per heavy atom. The Morgan fingerprint density at radius 2 is 1.74 bits per heavy atom. The second-order valence-electron chi connectivity index (χ2n) is 7.83. The summed E-state index contributed by atoms with van der Waals surface area (Å²) in [5.74, 6) is -5.02. The Labute approximate surface area is 202 Å². The number of aromatic nitrogens is 2. The van der Waals surface area contributed by atoms with Gasteiger partial charge in [-0.15, -0.1) is 0 Å². The van der Waals surface area contributed by atoms with Crippen molar-refractivity contribution in [3.63, 3.8) is 0 Å². The van der Waals surface area contributed by atoms with Crippen LogP contribution in [0.3, 0.4) is 0 Å². The third kappa shape index (κ3) is 9.39. The Morgan fingerprint density at radius 1 is 1.09 bits per heavy atom. The summed E-state index contributed by atoms with van der Waals surface area (Å²) in [6.07, 6.45) is 2.91. The number of nitrogens with two attached hydrogens (primary N) is 1. The van der Waals surface area contributed by atoms with Crippen LogP contribution in [0.4, 0.5) is 0 Å². The molecule has 1 aromatic heterocycles. The van der Waals surface area contributed by atoms with E-state index in [9.17, 15) is 29.1 Å². The molecule has 0 saturated heterocycles. The number of carbonyl (C=O) groups is 5. The number of rotatable bonds is 15. The minimum atomic E-state index is -1.28. The zero-order valence-corrected chi connectivity index (χ0v) is 19.9. The number of nitrogens with zero attached hydrogens (tertiary/aromatic N) is 1. The maximum absolute atomic E-state index is 13.1. The van der Waals surface area contributed by atoms with Crippen LogP contribution >= 0.6 is 12.6 Å². The Bertz CT molecular complexity index is 850. The third-order valence-electron chi connectivity index (χ3n) is 5.21. The van der Waals surface area contributed by atoms with E-state index in [1.165, 1.54) is 12.5 Å². The van der Waals surface area contributed by atoms with E-state index in [1.54, 1.807) is 13.8 Å². The van der Waals surface area contributed by atoms with Gasteiger partial charge in [-0.2, -0.15) is 12.6 Å². The van der Waals surface area contributed by atoms with Crippen molar-refractivity contribution in [2.24, 2.45) is 11.7 Å². The van der Waals surface area contributed by atoms with E-state index in [4.69, 9.17) is 10.8 Å². The quantitative estimate of drug-likeness (QED) is 0.133. The molecule has 5 unspecified atom stereocenters. The van der Waals surface area contributed by atoms with E-state index >= 15 is 0 Å². The lowest BCUT2D eigenvalue weighted by atomic mass is 9.97. The fraction of sp³-hybridized carbons (Fsp3) is 0.600. The lowest BCUT2D eigenvalue weighted by Gasteiger charge is -2.27. The van der Waals surface area contributed by atoms with Gasteiger partial charge in [-0.1, -0.05) is 20.3 Å². The molecule has 34 heavy (non-hydrogen) atoms. The van der Waals surface area contributed by atoms with Crippen LogP contribution in [0, 0.1) is 5.92 Å². The average Bonchev–Trinajstić information content (AvgIpc) is 3.30. The highest BCUT2D eigenvalue weighted by molar-refractivity contribution is 7.80. The van der Waals surface area contributed by atoms with E-state index < -0.39 is 53.8 Å². The van der Waals surface area contributed by atoms with Crippen molar-refractivity contribution in [1.29, 1.82) is 0 Å². The van der Waals surface area contributed by atoms with Crippen LogP contribution in [0.5, 0.6) is 0 Å². The molecule has 190 valence electrons. The number of carbonyl (C=O) groups excluding carboxylic acids is 3. The van der Waals surface area contributed by atoms with Crippen molar-refractivity contribution >= 4 is 42.3 Å². The van der Waals surface area contributed by atoms with E-state index in [1.807, 2.05) is 0 Å². The molecule has 0 aromatic carbocycles. The topological polar surface area (TPSA) is 217 Å². The second-order valence-corrected chi connectivity index (χ2v) is 8.20. The van der Waals surface area contributed by atoms with Crippen LogP contribution in [0.2, 0.25) is 0 Å². The van der Waals surface area contributed by atoms with Gasteiger partial charge in [0, 0.05) is 30.5 Å². The molecule has 1 aromatic rings. The molecule has 0 radical (unpaired) electrons. The van der Waals surface area contributed by atoms with Crippen LogP contribution in [0.1, 0.15) is 38.8 Å². The van der Waals surface area contributed by atoms with E-state index in [0.717, 1.165) is 0 Å². The fourth-order valence-corrected chi connectivity index (χ4v) is 3.16. The van der Waals surface area contributed by atoms with Crippen molar-refractivity contribution < 1.29 is 34.2 Å². The highest BCUT2D eigenvalue weighted by Crippen LogP contribution is 2.10. The number of imidazole rings is 1. The summed E-state index contributed by atoms with van der Waals surface area (Å²) in [5.41, 5.74) is 6.26. The van der Waals surface area contributed by atoms with Crippen LogP contribution in [0.25, 0.3) is 0 Å². The van der Waals surface area contributed by atoms with Crippen molar-refractivity contribution in [2.45, 2.75) is 63.7 Å². The largest absolute Gasteiger partial charge is 0.481 e. The van der Waals surface area contributed by atoms with Gasteiger partial charge < -0.3 is 36.9 Å². The number of H-pyrrole nitrogens is 1. The summed E-state index contributed by atoms with van der Waals surface area (Å²) in [4.78, 5) is 67.0. The number of nitrogens with one attached hydrogen (secondary N) is 4. The number of amides is 3. The van der Waals surface area contributed by atoms with Crippen molar-refractivity contribution in [2.75, 3.05) is 5.75 Å². The molecule has 5 atom stereocenters. The predicted octanol–water partition coefficient (Wildman–Crippen LogP) is -1.34. The Hall–Kier alpha value is -3.13. The van der Waals surface area contributed by atoms with Crippen molar-refractivity contribution in [1.82, 2.24) is 25.9 Å². The molecular weight excluding hydrogens is 468 g/mol. The van der Waals surface area contributed by atoms with E-state index in [0.29, 0.717) is 12.1 Å². The van der Waals surface area contributed by atoms with Gasteiger partial charge in [-0.05, 0) is 12.3 Å². The molecule has 13 nitrogen and oxygen atoms in total. The molecule has 0 saturated carbocycles. The van der Waals surface area contributed by atoms with Crippen LogP contribution in [-0.4, -0.2) is 79.8 Å². The molecule has 1 heterocycles. The number of carboxylic acids is 2.